The van der Waals surface area contributed by atoms with E-state index in [0.717, 1.165) is 10.3 Å². The Hall–Kier alpha value is -2.56. The summed E-state index contributed by atoms with van der Waals surface area (Å²) in [5.74, 6) is -0.324. The van der Waals surface area contributed by atoms with Crippen molar-refractivity contribution in [3.8, 4) is 0 Å². The van der Waals surface area contributed by atoms with Gasteiger partial charge in [0.2, 0.25) is 10.0 Å². The van der Waals surface area contributed by atoms with Gasteiger partial charge < -0.3 is 14.5 Å². The number of hydrogen-bond donors (Lipinski definition) is 1. The van der Waals surface area contributed by atoms with Gasteiger partial charge in [-0.15, -0.1) is 11.8 Å². The molecule has 0 radical (unpaired) electrons. The first-order chi connectivity index (χ1) is 16.4. The number of sulfonamides is 1. The number of carbonyl (C=O) groups excluding carboxylic acids is 1. The van der Waals surface area contributed by atoms with Crippen LogP contribution in [-0.2, 0) is 14.8 Å². The van der Waals surface area contributed by atoms with Crippen molar-refractivity contribution in [2.45, 2.75) is 9.79 Å². The summed E-state index contributed by atoms with van der Waals surface area (Å²) in [7, 11) is -3.62. The van der Waals surface area contributed by atoms with Crippen molar-refractivity contribution in [3.05, 3.63) is 65.2 Å². The molecule has 1 aliphatic rings. The Labute approximate surface area is 206 Å². The fourth-order valence-electron chi connectivity index (χ4n) is 3.93. The molecule has 1 saturated heterocycles. The van der Waals surface area contributed by atoms with Gasteiger partial charge in [-0.05, 0) is 54.8 Å². The molecule has 0 unspecified atom stereocenters. The molecule has 1 amide bonds. The fraction of sp³-hybridized carbons (Fsp3) is 0.208. The van der Waals surface area contributed by atoms with Gasteiger partial charge in [0.15, 0.2) is 0 Å². The van der Waals surface area contributed by atoms with Crippen LogP contribution >= 0.6 is 23.4 Å². The van der Waals surface area contributed by atoms with E-state index in [-0.39, 0.29) is 10.8 Å². The summed E-state index contributed by atoms with van der Waals surface area (Å²) in [6, 6.07) is 15.4. The van der Waals surface area contributed by atoms with Crippen LogP contribution in [0.2, 0.25) is 5.02 Å². The molecule has 0 spiro atoms. The highest BCUT2D eigenvalue weighted by Gasteiger charge is 2.27. The van der Waals surface area contributed by atoms with Crippen molar-refractivity contribution >= 4 is 66.9 Å². The van der Waals surface area contributed by atoms with Crippen LogP contribution < -0.4 is 5.32 Å². The van der Waals surface area contributed by atoms with Crippen LogP contribution in [0, 0.1) is 0 Å². The second kappa shape index (κ2) is 9.24. The van der Waals surface area contributed by atoms with E-state index in [4.69, 9.17) is 20.8 Å². The molecular weight excluding hydrogens is 496 g/mol. The Bertz CT molecular complexity index is 1510. The minimum Gasteiger partial charge on any atom is -0.456 e. The van der Waals surface area contributed by atoms with Gasteiger partial charge in [-0.3, -0.25) is 4.79 Å². The Balaban J connectivity index is 1.46. The first-order valence-electron chi connectivity index (χ1n) is 10.6. The van der Waals surface area contributed by atoms with Crippen LogP contribution in [0.25, 0.3) is 21.9 Å². The molecule has 3 aromatic carbocycles. The molecule has 4 aromatic rings. The zero-order valence-corrected chi connectivity index (χ0v) is 20.6. The molecule has 2 heterocycles. The van der Waals surface area contributed by atoms with Crippen LogP contribution in [0.5, 0.6) is 0 Å². The molecule has 5 rings (SSSR count). The molecule has 1 aliphatic heterocycles. The first-order valence-corrected chi connectivity index (χ1v) is 13.6. The van der Waals surface area contributed by atoms with E-state index in [9.17, 15) is 13.2 Å². The summed E-state index contributed by atoms with van der Waals surface area (Å²) < 4.78 is 38.8. The largest absolute Gasteiger partial charge is 0.456 e. The normalized spacial score (nSPS) is 15.1. The SMILES string of the molecule is CSc1ccc(Cl)c(C(=O)Nc2ccc3c(c2)oc2ccc(S(=O)(=O)N4CCOCC4)cc23)c1. The standard InChI is InChI=1S/C24H21ClN2O5S2/c1-33-16-3-6-21(25)20(13-16)24(28)26-15-2-5-18-19-14-17(4-7-22(19)32-23(18)12-15)34(29,30)27-8-10-31-11-9-27/h2-7,12-14H,8-11H2,1H3,(H,26,28). The third-order valence-corrected chi connectivity index (χ3v) is 8.68. The number of fused-ring (bicyclic) bond motifs is 3. The average Bonchev–Trinajstić information content (AvgIpc) is 3.22. The molecule has 34 heavy (non-hydrogen) atoms. The number of rotatable bonds is 5. The van der Waals surface area contributed by atoms with Crippen LogP contribution in [0.15, 0.2) is 68.8 Å². The van der Waals surface area contributed by atoms with Gasteiger partial charge in [0, 0.05) is 40.5 Å². The highest BCUT2D eigenvalue weighted by atomic mass is 35.5. The molecule has 1 N–H and O–H groups in total. The molecule has 0 bridgehead atoms. The maximum atomic E-state index is 13.1. The smallest absolute Gasteiger partial charge is 0.257 e. The molecule has 7 nitrogen and oxygen atoms in total. The number of nitrogens with one attached hydrogen (secondary N) is 1. The lowest BCUT2D eigenvalue weighted by molar-refractivity contribution is 0.0730. The van der Waals surface area contributed by atoms with E-state index in [1.54, 1.807) is 42.5 Å². The van der Waals surface area contributed by atoms with Crippen molar-refractivity contribution in [2.75, 3.05) is 37.9 Å². The number of anilines is 1. The maximum absolute atomic E-state index is 13.1. The van der Waals surface area contributed by atoms with E-state index in [1.807, 2.05) is 18.4 Å². The van der Waals surface area contributed by atoms with E-state index in [2.05, 4.69) is 5.32 Å². The summed E-state index contributed by atoms with van der Waals surface area (Å²) in [6.07, 6.45) is 1.93. The lowest BCUT2D eigenvalue weighted by Gasteiger charge is -2.26. The van der Waals surface area contributed by atoms with E-state index < -0.39 is 10.0 Å². The summed E-state index contributed by atoms with van der Waals surface area (Å²) in [4.78, 5) is 13.9. The molecule has 1 fully saturated rings. The number of thioether (sulfide) groups is 1. The summed E-state index contributed by atoms with van der Waals surface area (Å²) >= 11 is 7.75. The van der Waals surface area contributed by atoms with Crippen LogP contribution in [0.1, 0.15) is 10.4 Å². The third-order valence-electron chi connectivity index (χ3n) is 5.73. The van der Waals surface area contributed by atoms with Crippen molar-refractivity contribution in [1.29, 1.82) is 0 Å². The van der Waals surface area contributed by atoms with Gasteiger partial charge in [-0.1, -0.05) is 11.6 Å². The predicted octanol–water partition coefficient (Wildman–Crippen LogP) is 5.23. The predicted molar refractivity (Wildman–Crippen MR) is 134 cm³/mol. The number of halogens is 1. The second-order valence-corrected chi connectivity index (χ2v) is 11.0. The maximum Gasteiger partial charge on any atom is 0.257 e. The Morgan fingerprint density at radius 1 is 1.00 bits per heavy atom. The van der Waals surface area contributed by atoms with E-state index >= 15 is 0 Å². The monoisotopic (exact) mass is 516 g/mol. The fourth-order valence-corrected chi connectivity index (χ4v) is 6.01. The van der Waals surface area contributed by atoms with Gasteiger partial charge in [-0.25, -0.2) is 8.42 Å². The van der Waals surface area contributed by atoms with E-state index in [1.165, 1.54) is 16.1 Å². The zero-order valence-electron chi connectivity index (χ0n) is 18.2. The number of hydrogen-bond acceptors (Lipinski definition) is 6. The lowest BCUT2D eigenvalue weighted by Crippen LogP contribution is -2.40. The van der Waals surface area contributed by atoms with Gasteiger partial charge in [0.05, 0.1) is 28.7 Å². The van der Waals surface area contributed by atoms with Crippen molar-refractivity contribution < 1.29 is 22.4 Å². The van der Waals surface area contributed by atoms with Gasteiger partial charge in [-0.2, -0.15) is 4.31 Å². The molecular formula is C24H21ClN2O5S2. The summed E-state index contributed by atoms with van der Waals surface area (Å²) in [5.41, 5.74) is 2.03. The van der Waals surface area contributed by atoms with Crippen LogP contribution in [0.3, 0.4) is 0 Å². The van der Waals surface area contributed by atoms with Crippen molar-refractivity contribution in [1.82, 2.24) is 4.31 Å². The molecule has 0 atom stereocenters. The number of amides is 1. The molecule has 0 aliphatic carbocycles. The zero-order chi connectivity index (χ0) is 23.9. The minimum absolute atomic E-state index is 0.213. The Morgan fingerprint density at radius 3 is 2.56 bits per heavy atom. The number of benzene rings is 3. The molecule has 0 saturated carbocycles. The number of nitrogens with zero attached hydrogens (tertiary/aromatic N) is 1. The third kappa shape index (κ3) is 4.30. The first kappa shape index (κ1) is 23.2. The van der Waals surface area contributed by atoms with Gasteiger partial charge in [0.25, 0.3) is 5.91 Å². The topological polar surface area (TPSA) is 88.8 Å². The van der Waals surface area contributed by atoms with Crippen molar-refractivity contribution in [2.24, 2.45) is 0 Å². The number of carbonyl (C=O) groups is 1. The number of ether oxygens (including phenoxy) is 1. The summed E-state index contributed by atoms with van der Waals surface area (Å²) in [5, 5.41) is 4.68. The van der Waals surface area contributed by atoms with E-state index in [0.29, 0.717) is 59.1 Å². The second-order valence-electron chi connectivity index (χ2n) is 7.79. The average molecular weight is 517 g/mol. The lowest BCUT2D eigenvalue weighted by atomic mass is 10.1. The molecule has 10 heteroatoms. The number of furan rings is 1. The van der Waals surface area contributed by atoms with Crippen molar-refractivity contribution in [3.63, 3.8) is 0 Å². The summed E-state index contributed by atoms with van der Waals surface area (Å²) in [6.45, 7) is 1.44. The Morgan fingerprint density at radius 2 is 1.79 bits per heavy atom. The highest BCUT2D eigenvalue weighted by Crippen LogP contribution is 2.33. The van der Waals surface area contributed by atoms with Gasteiger partial charge >= 0.3 is 0 Å². The molecule has 1 aromatic heterocycles. The van der Waals surface area contributed by atoms with Gasteiger partial charge in [0.1, 0.15) is 11.2 Å². The Kier molecular flexibility index (Phi) is 6.30. The number of morpholine rings is 1. The van der Waals surface area contributed by atoms with Crippen LogP contribution in [0.4, 0.5) is 5.69 Å². The van der Waals surface area contributed by atoms with Crippen LogP contribution in [-0.4, -0.2) is 51.2 Å². The molecule has 176 valence electrons. The minimum atomic E-state index is -3.62. The quantitative estimate of drug-likeness (QED) is 0.365. The highest BCUT2D eigenvalue weighted by molar-refractivity contribution is 7.98.